The number of aromatic nitrogens is 4. The first kappa shape index (κ1) is 22.9. The zero-order valence-corrected chi connectivity index (χ0v) is 19.2. The molecule has 12 heteroatoms. The zero-order chi connectivity index (χ0) is 23.9. The molecule has 2 atom stereocenters. The molecule has 0 unspecified atom stereocenters. The van der Waals surface area contributed by atoms with Crippen LogP contribution in [-0.2, 0) is 0 Å². The molecule has 3 heterocycles. The van der Waals surface area contributed by atoms with Crippen LogP contribution < -0.4 is 11.5 Å². The maximum atomic E-state index is 14.2. The number of likely N-dealkylation sites (tertiary alicyclic amines) is 1. The average molecular weight is 475 g/mol. The van der Waals surface area contributed by atoms with E-state index in [4.69, 9.17) is 11.5 Å². The number of amides is 1. The summed E-state index contributed by atoms with van der Waals surface area (Å²) in [5.41, 5.74) is 12.5. The molecule has 4 rings (SSSR count). The minimum atomic E-state index is -0.864. The van der Waals surface area contributed by atoms with Gasteiger partial charge < -0.3 is 16.4 Å². The van der Waals surface area contributed by atoms with Crippen molar-refractivity contribution in [3.8, 4) is 0 Å². The first-order valence-electron chi connectivity index (χ1n) is 10.5. The second-order valence-electron chi connectivity index (χ2n) is 8.45. The van der Waals surface area contributed by atoms with Crippen molar-refractivity contribution in [3.05, 3.63) is 34.3 Å². The van der Waals surface area contributed by atoms with E-state index in [2.05, 4.69) is 24.5 Å². The SMILES string of the molecule is CC(C)c1nnsc1C(=O)N1C[C@H](C(N)=Nc2nc(N)nc3c(F)cc(F)cc23)CC[C@@H]1C. The summed E-state index contributed by atoms with van der Waals surface area (Å²) in [6, 6.07) is 1.81. The number of carbonyl (C=O) groups excluding carboxylic acids is 1. The lowest BCUT2D eigenvalue weighted by molar-refractivity contribution is 0.0606. The molecular weight excluding hydrogens is 450 g/mol. The molecule has 1 saturated heterocycles. The zero-order valence-electron chi connectivity index (χ0n) is 18.4. The number of halogens is 2. The van der Waals surface area contributed by atoms with Crippen molar-refractivity contribution in [1.29, 1.82) is 0 Å². The van der Waals surface area contributed by atoms with Crippen LogP contribution in [0, 0.1) is 17.6 Å². The van der Waals surface area contributed by atoms with E-state index in [1.54, 1.807) is 4.90 Å². The van der Waals surface area contributed by atoms with E-state index in [0.29, 0.717) is 30.0 Å². The highest BCUT2D eigenvalue weighted by Crippen LogP contribution is 2.30. The van der Waals surface area contributed by atoms with E-state index >= 15 is 0 Å². The van der Waals surface area contributed by atoms with Gasteiger partial charge in [0.1, 0.15) is 22.0 Å². The molecule has 0 bridgehead atoms. The minimum absolute atomic E-state index is 0.00220. The highest BCUT2D eigenvalue weighted by atomic mass is 32.1. The average Bonchev–Trinajstić information content (AvgIpc) is 3.25. The van der Waals surface area contributed by atoms with Crippen molar-refractivity contribution in [2.45, 2.75) is 45.6 Å². The molecule has 174 valence electrons. The van der Waals surface area contributed by atoms with Crippen molar-refractivity contribution in [3.63, 3.8) is 0 Å². The van der Waals surface area contributed by atoms with Crippen LogP contribution >= 0.6 is 11.5 Å². The normalized spacial score (nSPS) is 19.5. The third-order valence-corrected chi connectivity index (χ3v) is 6.50. The number of amidine groups is 1. The van der Waals surface area contributed by atoms with Crippen LogP contribution in [0.1, 0.15) is 54.9 Å². The number of benzene rings is 1. The van der Waals surface area contributed by atoms with Crippen LogP contribution in [-0.4, -0.2) is 48.8 Å². The van der Waals surface area contributed by atoms with Gasteiger partial charge in [0.15, 0.2) is 11.6 Å². The van der Waals surface area contributed by atoms with E-state index in [1.165, 1.54) is 0 Å². The molecular formula is C21H24F2N8OS. The molecule has 33 heavy (non-hydrogen) atoms. The Labute approximate surface area is 193 Å². The third-order valence-electron chi connectivity index (χ3n) is 5.77. The largest absolute Gasteiger partial charge is 0.387 e. The summed E-state index contributed by atoms with van der Waals surface area (Å²) >= 11 is 1.08. The number of hydrogen-bond acceptors (Lipinski definition) is 8. The summed E-state index contributed by atoms with van der Waals surface area (Å²) in [5.74, 6) is -2.00. The minimum Gasteiger partial charge on any atom is -0.387 e. The van der Waals surface area contributed by atoms with Crippen LogP contribution in [0.15, 0.2) is 17.1 Å². The van der Waals surface area contributed by atoms with Gasteiger partial charge in [0, 0.05) is 24.6 Å². The number of anilines is 1. The summed E-state index contributed by atoms with van der Waals surface area (Å²) in [5, 5.41) is 4.17. The molecule has 0 spiro atoms. The summed E-state index contributed by atoms with van der Waals surface area (Å²) in [6.07, 6.45) is 1.41. The monoisotopic (exact) mass is 474 g/mol. The lowest BCUT2D eigenvalue weighted by Gasteiger charge is -2.37. The van der Waals surface area contributed by atoms with Crippen LogP contribution in [0.4, 0.5) is 20.5 Å². The summed E-state index contributed by atoms with van der Waals surface area (Å²) < 4.78 is 32.0. The Morgan fingerprint density at radius 3 is 2.76 bits per heavy atom. The predicted octanol–water partition coefficient (Wildman–Crippen LogP) is 3.39. The third kappa shape index (κ3) is 4.47. The van der Waals surface area contributed by atoms with Crippen LogP contribution in [0.2, 0.25) is 0 Å². The molecule has 9 nitrogen and oxygen atoms in total. The Morgan fingerprint density at radius 2 is 2.03 bits per heavy atom. The Morgan fingerprint density at radius 1 is 1.27 bits per heavy atom. The van der Waals surface area contributed by atoms with Gasteiger partial charge in [0.05, 0.1) is 11.1 Å². The standard InChI is InChI=1S/C21H24F2N8OS/c1-9(2)15-17(33-30-29-15)20(32)31-8-11(5-4-10(31)3)18(24)27-19-13-6-12(22)7-14(23)16(13)26-21(25)28-19/h6-7,9-11H,4-5,8H2,1-3H3,(H4,24,25,26,27,28)/t10-,11+/m0/s1. The summed E-state index contributed by atoms with van der Waals surface area (Å²) in [7, 11) is 0. The van der Waals surface area contributed by atoms with E-state index in [0.717, 1.165) is 23.7 Å². The van der Waals surface area contributed by atoms with Gasteiger partial charge in [-0.2, -0.15) is 4.98 Å². The molecule has 4 N–H and O–H groups in total. The summed E-state index contributed by atoms with van der Waals surface area (Å²) in [6.45, 7) is 6.25. The molecule has 0 radical (unpaired) electrons. The van der Waals surface area contributed by atoms with E-state index in [9.17, 15) is 13.6 Å². The Hall–Kier alpha value is -3.28. The Balaban J connectivity index is 1.65. The second kappa shape index (κ2) is 8.93. The maximum absolute atomic E-state index is 14.2. The van der Waals surface area contributed by atoms with Crippen molar-refractivity contribution < 1.29 is 13.6 Å². The fourth-order valence-electron chi connectivity index (χ4n) is 3.94. The number of fused-ring (bicyclic) bond motifs is 1. The molecule has 1 amide bonds. The second-order valence-corrected chi connectivity index (χ2v) is 9.20. The van der Waals surface area contributed by atoms with Gasteiger partial charge in [-0.3, -0.25) is 4.79 Å². The van der Waals surface area contributed by atoms with E-state index in [-0.39, 0.29) is 52.3 Å². The van der Waals surface area contributed by atoms with Gasteiger partial charge in [-0.25, -0.2) is 18.8 Å². The van der Waals surface area contributed by atoms with Gasteiger partial charge in [-0.1, -0.05) is 18.3 Å². The molecule has 2 aromatic heterocycles. The maximum Gasteiger partial charge on any atom is 0.267 e. The van der Waals surface area contributed by atoms with Crippen LogP contribution in [0.25, 0.3) is 10.9 Å². The first-order chi connectivity index (χ1) is 15.7. The number of nitrogens with zero attached hydrogens (tertiary/aromatic N) is 6. The van der Waals surface area contributed by atoms with Crippen LogP contribution in [0.3, 0.4) is 0 Å². The van der Waals surface area contributed by atoms with Gasteiger partial charge >= 0.3 is 0 Å². The number of rotatable bonds is 4. The van der Waals surface area contributed by atoms with Crippen molar-refractivity contribution >= 4 is 45.9 Å². The smallest absolute Gasteiger partial charge is 0.267 e. The Kier molecular flexibility index (Phi) is 6.19. The molecule has 1 aromatic carbocycles. The van der Waals surface area contributed by atoms with Gasteiger partial charge in [-0.05, 0) is 43.3 Å². The quantitative estimate of drug-likeness (QED) is 0.437. The lowest BCUT2D eigenvalue weighted by atomic mass is 9.92. The van der Waals surface area contributed by atoms with Gasteiger partial charge in [-0.15, -0.1) is 5.10 Å². The molecule has 3 aromatic rings. The number of nitrogen functional groups attached to an aromatic ring is 1. The molecule has 1 aliphatic rings. The molecule has 1 fully saturated rings. The highest BCUT2D eigenvalue weighted by Gasteiger charge is 2.34. The lowest BCUT2D eigenvalue weighted by Crippen LogP contribution is -2.48. The van der Waals surface area contributed by atoms with E-state index in [1.807, 2.05) is 20.8 Å². The van der Waals surface area contributed by atoms with E-state index < -0.39 is 11.6 Å². The predicted molar refractivity (Wildman–Crippen MR) is 122 cm³/mol. The topological polar surface area (TPSA) is 136 Å². The summed E-state index contributed by atoms with van der Waals surface area (Å²) in [4.78, 5) is 27.8. The molecule has 0 saturated carbocycles. The molecule has 1 aliphatic heterocycles. The van der Waals surface area contributed by atoms with Crippen molar-refractivity contribution in [2.75, 3.05) is 12.3 Å². The van der Waals surface area contributed by atoms with Gasteiger partial charge in [0.25, 0.3) is 5.91 Å². The van der Waals surface area contributed by atoms with Crippen molar-refractivity contribution in [2.24, 2.45) is 16.6 Å². The number of hydrogen-bond donors (Lipinski definition) is 2. The number of nitrogens with two attached hydrogens (primary N) is 2. The first-order valence-corrected chi connectivity index (χ1v) is 11.3. The fraction of sp³-hybridized carbons (Fsp3) is 0.429. The highest BCUT2D eigenvalue weighted by molar-refractivity contribution is 7.08. The van der Waals surface area contributed by atoms with Crippen molar-refractivity contribution in [1.82, 2.24) is 24.5 Å². The Bertz CT molecular complexity index is 1240. The molecule has 0 aliphatic carbocycles. The number of carbonyl (C=O) groups is 1. The van der Waals surface area contributed by atoms with Gasteiger partial charge in [0.2, 0.25) is 5.95 Å². The van der Waals surface area contributed by atoms with Crippen LogP contribution in [0.5, 0.6) is 0 Å². The number of aliphatic imine (C=N–C) groups is 1. The number of piperidine rings is 1. The fourth-order valence-corrected chi connectivity index (χ4v) is 4.72.